The van der Waals surface area contributed by atoms with E-state index in [-0.39, 0.29) is 11.5 Å². The van der Waals surface area contributed by atoms with Crippen molar-refractivity contribution in [3.05, 3.63) is 17.7 Å². The normalized spacial score (nSPS) is 13.9. The molecule has 15 heavy (non-hydrogen) atoms. The molecule has 4 heteroatoms. The van der Waals surface area contributed by atoms with Crippen LogP contribution in [-0.2, 0) is 4.74 Å². The zero-order valence-electron chi connectivity index (χ0n) is 9.70. The van der Waals surface area contributed by atoms with Crippen LogP contribution in [0.15, 0.2) is 6.20 Å². The largest absolute Gasteiger partial charge is 0.370 e. The number of imidazole rings is 1. The van der Waals surface area contributed by atoms with Crippen molar-refractivity contribution in [2.45, 2.75) is 33.8 Å². The molecule has 1 unspecified atom stereocenters. The highest BCUT2D eigenvalue weighted by molar-refractivity contribution is 5.71. The summed E-state index contributed by atoms with van der Waals surface area (Å²) in [5, 5.41) is 0. The molecule has 1 heterocycles. The number of carbonyl (C=O) groups excluding carboxylic acids is 1. The zero-order chi connectivity index (χ0) is 11.5. The van der Waals surface area contributed by atoms with Gasteiger partial charge in [-0.3, -0.25) is 4.79 Å². The van der Waals surface area contributed by atoms with Crippen LogP contribution in [0.4, 0.5) is 0 Å². The topological polar surface area (TPSA) is 55.0 Å². The van der Waals surface area contributed by atoms with Gasteiger partial charge in [0.05, 0.1) is 11.9 Å². The van der Waals surface area contributed by atoms with E-state index in [9.17, 15) is 4.79 Å². The van der Waals surface area contributed by atoms with Gasteiger partial charge in [0, 0.05) is 6.61 Å². The van der Waals surface area contributed by atoms with Crippen LogP contribution in [0.2, 0.25) is 0 Å². The van der Waals surface area contributed by atoms with Gasteiger partial charge in [-0.15, -0.1) is 0 Å². The summed E-state index contributed by atoms with van der Waals surface area (Å²) in [6.07, 6.45) is 2.17. The van der Waals surface area contributed by atoms with Gasteiger partial charge in [0.15, 0.2) is 6.29 Å². The van der Waals surface area contributed by atoms with E-state index in [0.717, 1.165) is 6.29 Å². The van der Waals surface area contributed by atoms with Gasteiger partial charge in [0.2, 0.25) is 0 Å². The third-order valence-corrected chi connectivity index (χ3v) is 2.11. The number of aromatic nitrogens is 2. The van der Waals surface area contributed by atoms with Crippen LogP contribution in [0, 0.1) is 5.41 Å². The molecule has 4 nitrogen and oxygen atoms in total. The minimum Gasteiger partial charge on any atom is -0.370 e. The second-order valence-corrected chi connectivity index (χ2v) is 4.54. The average Bonchev–Trinajstić information content (AvgIpc) is 2.60. The van der Waals surface area contributed by atoms with Crippen molar-refractivity contribution < 1.29 is 9.53 Å². The van der Waals surface area contributed by atoms with Crippen LogP contribution in [-0.4, -0.2) is 22.9 Å². The summed E-state index contributed by atoms with van der Waals surface area (Å²) < 4.78 is 5.64. The number of rotatable bonds is 4. The Hall–Kier alpha value is -1.16. The van der Waals surface area contributed by atoms with Crippen molar-refractivity contribution in [3.63, 3.8) is 0 Å². The lowest BCUT2D eigenvalue weighted by molar-refractivity contribution is -0.0186. The second kappa shape index (κ2) is 4.57. The van der Waals surface area contributed by atoms with Crippen molar-refractivity contribution in [1.82, 2.24) is 9.97 Å². The van der Waals surface area contributed by atoms with Crippen LogP contribution in [0.1, 0.15) is 50.1 Å². The molecule has 0 aromatic carbocycles. The van der Waals surface area contributed by atoms with Crippen molar-refractivity contribution in [2.24, 2.45) is 5.41 Å². The predicted octanol–water partition coefficient (Wildman–Crippen LogP) is 2.35. The summed E-state index contributed by atoms with van der Waals surface area (Å²) in [6, 6.07) is 0. The maximum absolute atomic E-state index is 10.5. The average molecular weight is 210 g/mol. The van der Waals surface area contributed by atoms with E-state index in [1.165, 1.54) is 6.20 Å². The minimum atomic E-state index is -0.115. The van der Waals surface area contributed by atoms with Crippen LogP contribution in [0.25, 0.3) is 0 Å². The van der Waals surface area contributed by atoms with Crippen LogP contribution in [0.5, 0.6) is 0 Å². The van der Waals surface area contributed by atoms with Crippen molar-refractivity contribution in [3.8, 4) is 0 Å². The lowest BCUT2D eigenvalue weighted by Crippen LogP contribution is -2.22. The third-order valence-electron chi connectivity index (χ3n) is 2.11. The number of aromatic amines is 1. The molecule has 0 amide bonds. The van der Waals surface area contributed by atoms with E-state index in [0.29, 0.717) is 18.1 Å². The highest BCUT2D eigenvalue weighted by Crippen LogP contribution is 2.34. The van der Waals surface area contributed by atoms with E-state index in [4.69, 9.17) is 4.74 Å². The van der Waals surface area contributed by atoms with Gasteiger partial charge in [-0.1, -0.05) is 20.8 Å². The lowest BCUT2D eigenvalue weighted by atomic mass is 9.88. The maximum Gasteiger partial charge on any atom is 0.167 e. The Morgan fingerprint density at radius 1 is 1.60 bits per heavy atom. The van der Waals surface area contributed by atoms with E-state index in [1.807, 2.05) is 6.92 Å². The molecular weight excluding hydrogens is 192 g/mol. The monoisotopic (exact) mass is 210 g/mol. The summed E-state index contributed by atoms with van der Waals surface area (Å²) in [5.41, 5.74) is 0.438. The molecule has 0 aliphatic rings. The molecule has 0 saturated heterocycles. The molecule has 0 bridgehead atoms. The molecule has 1 N–H and O–H groups in total. The minimum absolute atomic E-state index is 0.0476. The molecule has 0 aliphatic heterocycles. The summed E-state index contributed by atoms with van der Waals surface area (Å²) in [4.78, 5) is 17.6. The highest BCUT2D eigenvalue weighted by atomic mass is 16.5. The van der Waals surface area contributed by atoms with Crippen molar-refractivity contribution in [1.29, 1.82) is 0 Å². The first-order chi connectivity index (χ1) is 6.99. The molecule has 0 spiro atoms. The molecule has 0 aliphatic carbocycles. The fourth-order valence-corrected chi connectivity index (χ4v) is 1.45. The van der Waals surface area contributed by atoms with Gasteiger partial charge >= 0.3 is 0 Å². The van der Waals surface area contributed by atoms with E-state index >= 15 is 0 Å². The number of aldehydes is 1. The number of hydrogen-bond acceptors (Lipinski definition) is 3. The lowest BCUT2D eigenvalue weighted by Gasteiger charge is -2.28. The van der Waals surface area contributed by atoms with Crippen LogP contribution in [0.3, 0.4) is 0 Å². The Kier molecular flexibility index (Phi) is 3.63. The maximum atomic E-state index is 10.5. The third kappa shape index (κ3) is 2.89. The summed E-state index contributed by atoms with van der Waals surface area (Å²) in [5.74, 6) is 0.714. The summed E-state index contributed by atoms with van der Waals surface area (Å²) in [7, 11) is 0. The number of hydrogen-bond donors (Lipinski definition) is 1. The van der Waals surface area contributed by atoms with Gasteiger partial charge < -0.3 is 9.72 Å². The first-order valence-electron chi connectivity index (χ1n) is 5.10. The number of ether oxygens (including phenoxy) is 1. The zero-order valence-corrected chi connectivity index (χ0v) is 9.70. The van der Waals surface area contributed by atoms with Gasteiger partial charge in [-0.2, -0.15) is 0 Å². The van der Waals surface area contributed by atoms with Crippen LogP contribution < -0.4 is 0 Å². The number of nitrogens with zero attached hydrogens (tertiary/aromatic N) is 1. The molecule has 0 radical (unpaired) electrons. The molecule has 0 fully saturated rings. The first kappa shape index (κ1) is 11.9. The van der Waals surface area contributed by atoms with Gasteiger partial charge in [-0.05, 0) is 12.3 Å². The molecule has 84 valence electrons. The second-order valence-electron chi connectivity index (χ2n) is 4.54. The molecule has 0 saturated carbocycles. The van der Waals surface area contributed by atoms with Gasteiger partial charge in [0.1, 0.15) is 11.9 Å². The van der Waals surface area contributed by atoms with Crippen LogP contribution >= 0.6 is 0 Å². The fraction of sp³-hybridized carbons (Fsp3) is 0.636. The number of H-pyrrole nitrogens is 1. The van der Waals surface area contributed by atoms with E-state index in [1.54, 1.807) is 0 Å². The Bertz CT molecular complexity index is 326. The van der Waals surface area contributed by atoms with Crippen molar-refractivity contribution in [2.75, 3.05) is 6.61 Å². The molecule has 1 atom stereocenters. The smallest absolute Gasteiger partial charge is 0.167 e. The predicted molar refractivity (Wildman–Crippen MR) is 57.8 cm³/mol. The molecular formula is C11H18N2O2. The number of carbonyl (C=O) groups is 1. The van der Waals surface area contributed by atoms with Gasteiger partial charge in [-0.25, -0.2) is 4.98 Å². The van der Waals surface area contributed by atoms with E-state index in [2.05, 4.69) is 30.7 Å². The van der Waals surface area contributed by atoms with E-state index < -0.39 is 0 Å². The summed E-state index contributed by atoms with van der Waals surface area (Å²) in [6.45, 7) is 8.81. The van der Waals surface area contributed by atoms with Crippen molar-refractivity contribution >= 4 is 6.29 Å². The quantitative estimate of drug-likeness (QED) is 0.776. The Morgan fingerprint density at radius 2 is 2.27 bits per heavy atom. The first-order valence-corrected chi connectivity index (χ1v) is 5.10. The highest BCUT2D eigenvalue weighted by Gasteiger charge is 2.29. The molecule has 1 aromatic heterocycles. The SMILES string of the molecule is CCOC(c1ncc(C=O)[nH]1)C(C)(C)C. The fourth-order valence-electron chi connectivity index (χ4n) is 1.45. The molecule has 1 rings (SSSR count). The Morgan fingerprint density at radius 3 is 2.67 bits per heavy atom. The van der Waals surface area contributed by atoms with Gasteiger partial charge in [0.25, 0.3) is 0 Å². The molecule has 1 aromatic rings. The Balaban J connectivity index is 2.93. The Labute approximate surface area is 90.1 Å². The summed E-state index contributed by atoms with van der Waals surface area (Å²) >= 11 is 0. The number of nitrogens with one attached hydrogen (secondary N) is 1. The standard InChI is InChI=1S/C11H18N2O2/c1-5-15-9(11(2,3)4)10-12-6-8(7-14)13-10/h6-7,9H,5H2,1-4H3,(H,12,13).